The van der Waals surface area contributed by atoms with Gasteiger partial charge in [0.05, 0.1) is 17.7 Å². The molecular weight excluding hydrogens is 399 g/mol. The van der Waals surface area contributed by atoms with E-state index in [9.17, 15) is 14.3 Å². The van der Waals surface area contributed by atoms with Crippen molar-refractivity contribution in [1.82, 2.24) is 9.88 Å². The molecule has 1 aromatic carbocycles. The monoisotopic (exact) mass is 422 g/mol. The van der Waals surface area contributed by atoms with Crippen LogP contribution in [0, 0.1) is 17.2 Å². The van der Waals surface area contributed by atoms with Gasteiger partial charge in [0.2, 0.25) is 0 Å². The van der Waals surface area contributed by atoms with Crippen molar-refractivity contribution in [2.24, 2.45) is 11.3 Å². The number of hydrogen-bond donors (Lipinski definition) is 2. The van der Waals surface area contributed by atoms with Gasteiger partial charge in [-0.3, -0.25) is 4.79 Å². The molecule has 0 atom stereocenters. The quantitative estimate of drug-likeness (QED) is 0.756. The van der Waals surface area contributed by atoms with E-state index in [-0.39, 0.29) is 17.9 Å². The van der Waals surface area contributed by atoms with Crippen LogP contribution < -0.4 is 5.32 Å². The molecule has 0 unspecified atom stereocenters. The maximum absolute atomic E-state index is 14.6. The molecule has 3 aliphatic carbocycles. The summed E-state index contributed by atoms with van der Waals surface area (Å²) in [7, 11) is 0. The minimum Gasteiger partial charge on any atom is -0.395 e. The zero-order valence-corrected chi connectivity index (χ0v) is 16.3. The van der Waals surface area contributed by atoms with Gasteiger partial charge in [-0.2, -0.15) is 0 Å². The Balaban J connectivity index is 1.60. The summed E-state index contributed by atoms with van der Waals surface area (Å²) in [5, 5.41) is 12.7. The zero-order valence-electron chi connectivity index (χ0n) is 14.7. The van der Waals surface area contributed by atoms with E-state index in [1.807, 2.05) is 0 Å². The second-order valence-electron chi connectivity index (χ2n) is 7.91. The van der Waals surface area contributed by atoms with Gasteiger partial charge in [0.15, 0.2) is 0 Å². The lowest BCUT2D eigenvalue weighted by atomic mass is 9.61. The summed E-state index contributed by atoms with van der Waals surface area (Å²) in [5.41, 5.74) is 1.20. The number of amides is 1. The summed E-state index contributed by atoms with van der Waals surface area (Å²) >= 11 is 3.30. The van der Waals surface area contributed by atoms with Crippen molar-refractivity contribution in [3.63, 3.8) is 0 Å². The van der Waals surface area contributed by atoms with Crippen molar-refractivity contribution >= 4 is 32.7 Å². The summed E-state index contributed by atoms with van der Waals surface area (Å²) in [4.78, 5) is 12.9. The number of rotatable bonds is 5. The topological polar surface area (TPSA) is 54.3 Å². The Labute approximate surface area is 160 Å². The van der Waals surface area contributed by atoms with Crippen LogP contribution in [0.25, 0.3) is 10.9 Å². The molecule has 26 heavy (non-hydrogen) atoms. The first-order valence-corrected chi connectivity index (χ1v) is 10.2. The molecule has 6 heteroatoms. The van der Waals surface area contributed by atoms with E-state index in [2.05, 4.69) is 21.2 Å². The molecule has 2 aromatic rings. The SMILES string of the molecule is O=C(NCC12CCC(CC1)CC2)c1cn(CCO)c2cc(Br)cc(F)c12. The highest BCUT2D eigenvalue weighted by Crippen LogP contribution is 2.49. The third-order valence-corrected chi connectivity index (χ3v) is 6.81. The van der Waals surface area contributed by atoms with Crippen molar-refractivity contribution in [2.75, 3.05) is 13.2 Å². The first kappa shape index (κ1) is 18.0. The summed E-state index contributed by atoms with van der Waals surface area (Å²) in [6.07, 6.45) is 9.03. The van der Waals surface area contributed by atoms with E-state index in [0.717, 1.165) is 5.92 Å². The fourth-order valence-corrected chi connectivity index (χ4v) is 5.19. The van der Waals surface area contributed by atoms with E-state index in [0.29, 0.717) is 34.0 Å². The normalized spacial score (nSPS) is 25.0. The molecule has 5 rings (SSSR count). The van der Waals surface area contributed by atoms with E-state index in [1.165, 1.54) is 44.6 Å². The van der Waals surface area contributed by atoms with Crippen LogP contribution in [0.2, 0.25) is 0 Å². The summed E-state index contributed by atoms with van der Waals surface area (Å²) in [6.45, 7) is 0.928. The number of halogens is 2. The van der Waals surface area contributed by atoms with Crippen LogP contribution in [0.5, 0.6) is 0 Å². The van der Waals surface area contributed by atoms with Gasteiger partial charge in [0.25, 0.3) is 5.91 Å². The van der Waals surface area contributed by atoms with Crippen molar-refractivity contribution in [3.8, 4) is 0 Å². The molecule has 2 N–H and O–H groups in total. The number of aromatic nitrogens is 1. The predicted molar refractivity (Wildman–Crippen MR) is 103 cm³/mol. The average Bonchev–Trinajstić information content (AvgIpc) is 3.00. The van der Waals surface area contributed by atoms with Gasteiger partial charge in [-0.25, -0.2) is 4.39 Å². The number of carbonyl (C=O) groups is 1. The second-order valence-corrected chi connectivity index (χ2v) is 8.82. The fraction of sp³-hybridized carbons (Fsp3) is 0.550. The van der Waals surface area contributed by atoms with Crippen LogP contribution in [-0.2, 0) is 6.54 Å². The van der Waals surface area contributed by atoms with E-state index in [1.54, 1.807) is 16.8 Å². The highest BCUT2D eigenvalue weighted by atomic mass is 79.9. The van der Waals surface area contributed by atoms with Gasteiger partial charge >= 0.3 is 0 Å². The largest absolute Gasteiger partial charge is 0.395 e. The van der Waals surface area contributed by atoms with Crippen molar-refractivity contribution in [3.05, 3.63) is 34.2 Å². The number of nitrogens with one attached hydrogen (secondary N) is 1. The zero-order chi connectivity index (χ0) is 18.3. The Morgan fingerprint density at radius 3 is 2.65 bits per heavy atom. The van der Waals surface area contributed by atoms with E-state index >= 15 is 0 Å². The smallest absolute Gasteiger partial charge is 0.253 e. The lowest BCUT2D eigenvalue weighted by molar-refractivity contribution is 0.0597. The van der Waals surface area contributed by atoms with Gasteiger partial charge in [0, 0.05) is 29.1 Å². The molecule has 0 spiro atoms. The van der Waals surface area contributed by atoms with E-state index in [4.69, 9.17) is 0 Å². The van der Waals surface area contributed by atoms with E-state index < -0.39 is 5.82 Å². The summed E-state index contributed by atoms with van der Waals surface area (Å²) in [6, 6.07) is 3.16. The summed E-state index contributed by atoms with van der Waals surface area (Å²) < 4.78 is 16.9. The molecule has 0 aliphatic heterocycles. The number of fused-ring (bicyclic) bond motifs is 4. The molecular formula is C20H24BrFN2O2. The molecule has 1 amide bonds. The van der Waals surface area contributed by atoms with Crippen molar-refractivity contribution in [1.29, 1.82) is 0 Å². The Kier molecular flexibility index (Phi) is 4.82. The Bertz CT molecular complexity index is 826. The molecule has 2 bridgehead atoms. The molecule has 3 aliphatic rings. The van der Waals surface area contributed by atoms with Gasteiger partial charge in [0.1, 0.15) is 5.82 Å². The maximum atomic E-state index is 14.6. The number of aliphatic hydroxyl groups excluding tert-OH is 1. The number of benzene rings is 1. The molecule has 0 saturated heterocycles. The highest BCUT2D eigenvalue weighted by Gasteiger charge is 2.40. The van der Waals surface area contributed by atoms with Gasteiger partial charge < -0.3 is 15.0 Å². The Morgan fingerprint density at radius 1 is 1.31 bits per heavy atom. The van der Waals surface area contributed by atoms with Crippen molar-refractivity contribution < 1.29 is 14.3 Å². The molecule has 1 heterocycles. The lowest BCUT2D eigenvalue weighted by Gasteiger charge is -2.46. The van der Waals surface area contributed by atoms with Gasteiger partial charge in [-0.05, 0) is 62.0 Å². The lowest BCUT2D eigenvalue weighted by Crippen LogP contribution is -2.43. The molecule has 0 radical (unpaired) electrons. The van der Waals surface area contributed by atoms with Crippen LogP contribution in [-0.4, -0.2) is 28.7 Å². The predicted octanol–water partition coefficient (Wildman–Crippen LogP) is 4.24. The Hall–Kier alpha value is -1.40. The van der Waals surface area contributed by atoms with Crippen molar-refractivity contribution in [2.45, 2.75) is 45.1 Å². The average molecular weight is 423 g/mol. The minimum atomic E-state index is -0.424. The first-order chi connectivity index (χ1) is 12.5. The molecule has 1 aromatic heterocycles. The third kappa shape index (κ3) is 3.18. The van der Waals surface area contributed by atoms with Crippen LogP contribution in [0.3, 0.4) is 0 Å². The van der Waals surface area contributed by atoms with Crippen LogP contribution in [0.4, 0.5) is 4.39 Å². The van der Waals surface area contributed by atoms with Gasteiger partial charge in [-0.15, -0.1) is 0 Å². The molecule has 4 nitrogen and oxygen atoms in total. The van der Waals surface area contributed by atoms with Crippen LogP contribution >= 0.6 is 15.9 Å². The third-order valence-electron chi connectivity index (χ3n) is 6.36. The minimum absolute atomic E-state index is 0.0662. The number of hydrogen-bond acceptors (Lipinski definition) is 2. The number of carbonyl (C=O) groups excluding carboxylic acids is 1. The molecule has 3 saturated carbocycles. The fourth-order valence-electron chi connectivity index (χ4n) is 4.78. The summed E-state index contributed by atoms with van der Waals surface area (Å²) in [5.74, 6) is 0.235. The molecule has 3 fully saturated rings. The number of aliphatic hydroxyl groups is 1. The standard InChI is InChI=1S/C20H24BrFN2O2/c21-14-9-16(22)18-15(11-24(7-8-25)17(18)10-14)19(26)23-12-20-4-1-13(2-5-20)3-6-20/h9-11,13,25H,1-8,12H2,(H,23,26). The molecule has 140 valence electrons. The maximum Gasteiger partial charge on any atom is 0.253 e. The van der Waals surface area contributed by atoms with Crippen LogP contribution in [0.1, 0.15) is 48.9 Å². The van der Waals surface area contributed by atoms with Gasteiger partial charge in [-0.1, -0.05) is 15.9 Å². The second kappa shape index (κ2) is 6.97. The first-order valence-electron chi connectivity index (χ1n) is 9.38. The van der Waals surface area contributed by atoms with Crippen LogP contribution in [0.15, 0.2) is 22.8 Å². The number of nitrogens with zero attached hydrogens (tertiary/aromatic N) is 1. The Morgan fingerprint density at radius 2 is 2.00 bits per heavy atom. The highest BCUT2D eigenvalue weighted by molar-refractivity contribution is 9.10.